The number of ether oxygens (including phenoxy) is 1. The zero-order valence-electron chi connectivity index (χ0n) is 14.8. The van der Waals surface area contributed by atoms with Crippen molar-refractivity contribution in [3.8, 4) is 0 Å². The Balaban J connectivity index is 1.80. The van der Waals surface area contributed by atoms with Gasteiger partial charge in [0, 0.05) is 13.0 Å². The number of nitrogens with one attached hydrogen (secondary N) is 1. The van der Waals surface area contributed by atoms with Crippen LogP contribution in [-0.2, 0) is 16.0 Å². The fourth-order valence-corrected chi connectivity index (χ4v) is 4.28. The molecular weight excluding hydrogens is 300 g/mol. The van der Waals surface area contributed by atoms with Gasteiger partial charge in [0.15, 0.2) is 0 Å². The molecular formula is C20H30N2O2. The van der Waals surface area contributed by atoms with Gasteiger partial charge in [0.25, 0.3) is 0 Å². The van der Waals surface area contributed by atoms with Gasteiger partial charge < -0.3 is 10.1 Å². The molecule has 2 saturated heterocycles. The molecule has 1 aromatic carbocycles. The highest BCUT2D eigenvalue weighted by Gasteiger charge is 2.48. The normalized spacial score (nSPS) is 25.7. The Kier molecular flexibility index (Phi) is 5.90. The second-order valence-electron chi connectivity index (χ2n) is 7.16. The molecule has 132 valence electrons. The minimum atomic E-state index is -0.470. The zero-order chi connectivity index (χ0) is 16.8. The molecule has 0 aromatic heterocycles. The van der Waals surface area contributed by atoms with E-state index in [4.69, 9.17) is 4.74 Å². The van der Waals surface area contributed by atoms with Gasteiger partial charge in [-0.15, -0.1) is 0 Å². The maximum Gasteiger partial charge on any atom is 0.326 e. The molecule has 1 aromatic rings. The number of benzene rings is 1. The van der Waals surface area contributed by atoms with E-state index < -0.39 is 5.54 Å². The van der Waals surface area contributed by atoms with Crippen LogP contribution in [0.5, 0.6) is 0 Å². The van der Waals surface area contributed by atoms with Crippen LogP contribution in [0.2, 0.25) is 0 Å². The van der Waals surface area contributed by atoms with Crippen molar-refractivity contribution < 1.29 is 9.53 Å². The van der Waals surface area contributed by atoms with E-state index in [0.717, 1.165) is 45.4 Å². The highest BCUT2D eigenvalue weighted by molar-refractivity contribution is 5.81. The third kappa shape index (κ3) is 3.81. The monoisotopic (exact) mass is 330 g/mol. The van der Waals surface area contributed by atoms with Gasteiger partial charge in [-0.1, -0.05) is 30.3 Å². The summed E-state index contributed by atoms with van der Waals surface area (Å²) in [5.41, 5.74) is 0.755. The van der Waals surface area contributed by atoms with E-state index in [1.807, 2.05) is 13.0 Å². The summed E-state index contributed by atoms with van der Waals surface area (Å²) in [6.45, 7) is 6.59. The minimum Gasteiger partial charge on any atom is -0.465 e. The summed E-state index contributed by atoms with van der Waals surface area (Å²) in [6.07, 6.45) is 5.17. The Bertz CT molecular complexity index is 528. The molecule has 2 aliphatic heterocycles. The van der Waals surface area contributed by atoms with E-state index in [0.29, 0.717) is 12.5 Å². The van der Waals surface area contributed by atoms with Crippen molar-refractivity contribution in [3.05, 3.63) is 35.9 Å². The minimum absolute atomic E-state index is 0.0275. The van der Waals surface area contributed by atoms with Gasteiger partial charge in [0.05, 0.1) is 6.61 Å². The molecule has 0 radical (unpaired) electrons. The van der Waals surface area contributed by atoms with Crippen LogP contribution in [0.25, 0.3) is 0 Å². The Hall–Kier alpha value is -1.39. The second kappa shape index (κ2) is 8.13. The first-order valence-electron chi connectivity index (χ1n) is 9.41. The fourth-order valence-electron chi connectivity index (χ4n) is 4.28. The van der Waals surface area contributed by atoms with Gasteiger partial charge in [-0.3, -0.25) is 9.69 Å². The number of hydrogen-bond donors (Lipinski definition) is 1. The molecule has 4 nitrogen and oxygen atoms in total. The Labute approximate surface area is 145 Å². The van der Waals surface area contributed by atoms with Crippen molar-refractivity contribution in [3.63, 3.8) is 0 Å². The summed E-state index contributed by atoms with van der Waals surface area (Å²) < 4.78 is 5.53. The van der Waals surface area contributed by atoms with E-state index in [2.05, 4.69) is 34.5 Å². The number of hydrogen-bond acceptors (Lipinski definition) is 4. The van der Waals surface area contributed by atoms with E-state index in [9.17, 15) is 4.79 Å². The number of piperidine rings is 1. The first-order valence-corrected chi connectivity index (χ1v) is 9.41. The molecule has 4 heteroatoms. The molecule has 1 unspecified atom stereocenters. The molecule has 0 bridgehead atoms. The average Bonchev–Trinajstić information content (AvgIpc) is 3.00. The van der Waals surface area contributed by atoms with Gasteiger partial charge in [-0.25, -0.2) is 0 Å². The number of esters is 1. The van der Waals surface area contributed by atoms with Crippen molar-refractivity contribution >= 4 is 5.97 Å². The number of rotatable bonds is 6. The standard InChI is InChI=1S/C20H30N2O2/c1-2-24-19(23)20(15-17-7-4-3-5-8-17)11-6-14-22(20)16-18-9-12-21-13-10-18/h3-5,7-8,18,21H,2,6,9-16H2,1H3. The molecule has 0 saturated carbocycles. The predicted octanol–water partition coefficient (Wildman–Crippen LogP) is 2.63. The summed E-state index contributed by atoms with van der Waals surface area (Å²) in [7, 11) is 0. The highest BCUT2D eigenvalue weighted by Crippen LogP contribution is 2.35. The van der Waals surface area contributed by atoms with Crippen molar-refractivity contribution in [2.45, 2.75) is 44.6 Å². The lowest BCUT2D eigenvalue weighted by Gasteiger charge is -2.39. The average molecular weight is 330 g/mol. The summed E-state index contributed by atoms with van der Waals surface area (Å²) in [5.74, 6) is 0.661. The maximum atomic E-state index is 12.9. The molecule has 24 heavy (non-hydrogen) atoms. The van der Waals surface area contributed by atoms with Crippen molar-refractivity contribution in [1.82, 2.24) is 10.2 Å². The smallest absolute Gasteiger partial charge is 0.326 e. The van der Waals surface area contributed by atoms with Gasteiger partial charge in [0.1, 0.15) is 5.54 Å². The van der Waals surface area contributed by atoms with Crippen molar-refractivity contribution in [2.75, 3.05) is 32.8 Å². The molecule has 3 rings (SSSR count). The quantitative estimate of drug-likeness (QED) is 0.814. The molecule has 0 amide bonds. The first-order chi connectivity index (χ1) is 11.7. The van der Waals surface area contributed by atoms with Gasteiger partial charge in [-0.05, 0) is 63.7 Å². The Morgan fingerprint density at radius 2 is 2.04 bits per heavy atom. The van der Waals surface area contributed by atoms with Crippen molar-refractivity contribution in [2.24, 2.45) is 5.92 Å². The lowest BCUT2D eigenvalue weighted by molar-refractivity contribution is -0.156. The van der Waals surface area contributed by atoms with Gasteiger partial charge >= 0.3 is 5.97 Å². The topological polar surface area (TPSA) is 41.6 Å². The lowest BCUT2D eigenvalue weighted by Crippen LogP contribution is -2.55. The maximum absolute atomic E-state index is 12.9. The van der Waals surface area contributed by atoms with Crippen LogP contribution in [0, 0.1) is 5.92 Å². The summed E-state index contributed by atoms with van der Waals surface area (Å²) >= 11 is 0. The van der Waals surface area contributed by atoms with Crippen LogP contribution >= 0.6 is 0 Å². The molecule has 1 atom stereocenters. The van der Waals surface area contributed by atoms with Crippen LogP contribution in [0.3, 0.4) is 0 Å². The van der Waals surface area contributed by atoms with E-state index in [1.54, 1.807) is 0 Å². The van der Waals surface area contributed by atoms with Crippen molar-refractivity contribution in [1.29, 1.82) is 0 Å². The Morgan fingerprint density at radius 3 is 2.75 bits per heavy atom. The molecule has 2 fully saturated rings. The van der Waals surface area contributed by atoms with Crippen LogP contribution < -0.4 is 5.32 Å². The first kappa shape index (κ1) is 17.4. The SMILES string of the molecule is CCOC(=O)C1(Cc2ccccc2)CCCN1CC1CCNCC1. The second-order valence-corrected chi connectivity index (χ2v) is 7.16. The number of likely N-dealkylation sites (tertiary alicyclic amines) is 1. The number of nitrogens with zero attached hydrogens (tertiary/aromatic N) is 1. The predicted molar refractivity (Wildman–Crippen MR) is 95.9 cm³/mol. The van der Waals surface area contributed by atoms with E-state index in [-0.39, 0.29) is 5.97 Å². The molecule has 0 spiro atoms. The van der Waals surface area contributed by atoms with Crippen LogP contribution in [0.1, 0.15) is 38.2 Å². The van der Waals surface area contributed by atoms with Crippen LogP contribution in [0.4, 0.5) is 0 Å². The summed E-state index contributed by atoms with van der Waals surface area (Å²) in [6, 6.07) is 10.4. The molecule has 0 aliphatic carbocycles. The van der Waals surface area contributed by atoms with Gasteiger partial charge in [0.2, 0.25) is 0 Å². The molecule has 2 aliphatic rings. The molecule has 1 N–H and O–H groups in total. The summed E-state index contributed by atoms with van der Waals surface area (Å²) in [4.78, 5) is 15.4. The van der Waals surface area contributed by atoms with Crippen LogP contribution in [-0.4, -0.2) is 49.2 Å². The largest absolute Gasteiger partial charge is 0.465 e. The zero-order valence-corrected chi connectivity index (χ0v) is 14.8. The third-order valence-electron chi connectivity index (χ3n) is 5.56. The third-order valence-corrected chi connectivity index (χ3v) is 5.56. The fraction of sp³-hybridized carbons (Fsp3) is 0.650. The highest BCUT2D eigenvalue weighted by atomic mass is 16.5. The molecule has 2 heterocycles. The van der Waals surface area contributed by atoms with Crippen LogP contribution in [0.15, 0.2) is 30.3 Å². The number of carbonyl (C=O) groups is 1. The van der Waals surface area contributed by atoms with E-state index >= 15 is 0 Å². The Morgan fingerprint density at radius 1 is 1.29 bits per heavy atom. The summed E-state index contributed by atoms with van der Waals surface area (Å²) in [5, 5.41) is 3.43. The van der Waals surface area contributed by atoms with E-state index in [1.165, 1.54) is 18.4 Å². The number of carbonyl (C=O) groups excluding carboxylic acids is 1. The lowest BCUT2D eigenvalue weighted by atomic mass is 9.86. The van der Waals surface area contributed by atoms with Gasteiger partial charge in [-0.2, -0.15) is 0 Å².